The van der Waals surface area contributed by atoms with Crippen molar-refractivity contribution in [2.45, 2.75) is 19.0 Å². The number of rotatable bonds is 7. The Bertz CT molecular complexity index is 1350. The maximum absolute atomic E-state index is 10.1. The standard InChI is InChI=1S/C28H27ClN4O2/c1-17-22-12-19(8-10-25(22)33-32-17)23-14-21(31-26(16-34)18-6-4-3-5-7-18)15-30-28(23)24-13-20(29)9-11-27(24)35-2/h3-15,17,26,31-34H,16H2,1-2H3. The van der Waals surface area contributed by atoms with Gasteiger partial charge in [-0.25, -0.2) is 5.43 Å². The number of hydrogen-bond acceptors (Lipinski definition) is 6. The number of nitrogens with zero attached hydrogens (tertiary/aromatic N) is 1. The van der Waals surface area contributed by atoms with E-state index in [0.717, 1.165) is 39.3 Å². The van der Waals surface area contributed by atoms with Gasteiger partial charge in [0, 0.05) is 16.1 Å². The molecule has 1 aliphatic rings. The van der Waals surface area contributed by atoms with Gasteiger partial charge in [-0.1, -0.05) is 48.0 Å². The number of ether oxygens (including phenoxy) is 1. The monoisotopic (exact) mass is 486 g/mol. The first-order valence-electron chi connectivity index (χ1n) is 11.5. The number of halogens is 1. The third-order valence-corrected chi connectivity index (χ3v) is 6.52. The summed E-state index contributed by atoms with van der Waals surface area (Å²) in [6.45, 7) is 2.07. The van der Waals surface area contributed by atoms with Crippen molar-refractivity contribution in [3.05, 3.63) is 95.1 Å². The summed E-state index contributed by atoms with van der Waals surface area (Å²) in [4.78, 5) is 4.85. The van der Waals surface area contributed by atoms with Gasteiger partial charge < -0.3 is 20.6 Å². The highest BCUT2D eigenvalue weighted by atomic mass is 35.5. The maximum Gasteiger partial charge on any atom is 0.128 e. The second-order valence-electron chi connectivity index (χ2n) is 8.55. The van der Waals surface area contributed by atoms with Crippen LogP contribution in [0.1, 0.15) is 30.1 Å². The molecule has 0 radical (unpaired) electrons. The minimum absolute atomic E-state index is 0.0447. The van der Waals surface area contributed by atoms with E-state index in [1.807, 2.05) is 42.5 Å². The molecule has 35 heavy (non-hydrogen) atoms. The number of benzene rings is 3. The van der Waals surface area contributed by atoms with E-state index >= 15 is 0 Å². The molecule has 2 unspecified atom stereocenters. The van der Waals surface area contributed by atoms with Crippen molar-refractivity contribution >= 4 is 23.0 Å². The number of aromatic nitrogens is 1. The Labute approximate surface area is 209 Å². The smallest absolute Gasteiger partial charge is 0.128 e. The van der Waals surface area contributed by atoms with Crippen LogP contribution in [-0.4, -0.2) is 23.8 Å². The zero-order chi connectivity index (χ0) is 24.4. The summed E-state index contributed by atoms with van der Waals surface area (Å²) in [5.41, 5.74) is 14.1. The minimum atomic E-state index is -0.258. The summed E-state index contributed by atoms with van der Waals surface area (Å²) in [6, 6.07) is 23.7. The first kappa shape index (κ1) is 23.2. The molecule has 0 aliphatic carbocycles. The molecular weight excluding hydrogens is 460 g/mol. The third-order valence-electron chi connectivity index (χ3n) is 6.28. The molecule has 0 spiro atoms. The lowest BCUT2D eigenvalue weighted by Gasteiger charge is -2.20. The van der Waals surface area contributed by atoms with E-state index in [0.29, 0.717) is 10.8 Å². The molecule has 0 amide bonds. The van der Waals surface area contributed by atoms with Crippen LogP contribution in [0.5, 0.6) is 5.75 Å². The fourth-order valence-corrected chi connectivity index (χ4v) is 4.60. The average Bonchev–Trinajstić information content (AvgIpc) is 3.27. The molecule has 6 nitrogen and oxygen atoms in total. The van der Waals surface area contributed by atoms with E-state index in [1.165, 1.54) is 5.56 Å². The van der Waals surface area contributed by atoms with Gasteiger partial charge in [-0.15, -0.1) is 0 Å². The van der Waals surface area contributed by atoms with Crippen molar-refractivity contribution in [1.82, 2.24) is 10.4 Å². The van der Waals surface area contributed by atoms with Crippen molar-refractivity contribution < 1.29 is 9.84 Å². The topological polar surface area (TPSA) is 78.4 Å². The average molecular weight is 487 g/mol. The van der Waals surface area contributed by atoms with Crippen LogP contribution in [0.4, 0.5) is 11.4 Å². The first-order chi connectivity index (χ1) is 17.1. The Morgan fingerprint density at radius 1 is 1.06 bits per heavy atom. The van der Waals surface area contributed by atoms with Crippen molar-refractivity contribution in [2.24, 2.45) is 0 Å². The predicted molar refractivity (Wildman–Crippen MR) is 142 cm³/mol. The second-order valence-corrected chi connectivity index (χ2v) is 8.98. The summed E-state index contributed by atoms with van der Waals surface area (Å²) in [5, 5.41) is 14.1. The molecule has 3 aromatic carbocycles. The fourth-order valence-electron chi connectivity index (χ4n) is 4.43. The molecule has 2 atom stereocenters. The highest BCUT2D eigenvalue weighted by molar-refractivity contribution is 6.31. The van der Waals surface area contributed by atoms with Gasteiger partial charge in [-0.05, 0) is 60.0 Å². The van der Waals surface area contributed by atoms with Crippen LogP contribution in [0, 0.1) is 0 Å². The van der Waals surface area contributed by atoms with E-state index < -0.39 is 0 Å². The van der Waals surface area contributed by atoms with Crippen molar-refractivity contribution in [3.8, 4) is 28.1 Å². The van der Waals surface area contributed by atoms with Crippen LogP contribution in [0.15, 0.2) is 79.0 Å². The normalized spacial score (nSPS) is 15.3. The summed E-state index contributed by atoms with van der Waals surface area (Å²) >= 11 is 6.36. The second kappa shape index (κ2) is 9.96. The predicted octanol–water partition coefficient (Wildman–Crippen LogP) is 6.21. The lowest BCUT2D eigenvalue weighted by atomic mass is 9.95. The molecule has 1 aliphatic heterocycles. The van der Waals surface area contributed by atoms with E-state index in [-0.39, 0.29) is 18.7 Å². The zero-order valence-electron chi connectivity index (χ0n) is 19.5. The number of nitrogens with one attached hydrogen (secondary N) is 3. The van der Waals surface area contributed by atoms with Gasteiger partial charge in [0.1, 0.15) is 5.75 Å². The molecule has 7 heteroatoms. The number of aliphatic hydroxyl groups is 1. The molecule has 1 aromatic heterocycles. The molecule has 0 fully saturated rings. The van der Waals surface area contributed by atoms with Crippen LogP contribution in [0.2, 0.25) is 5.02 Å². The minimum Gasteiger partial charge on any atom is -0.496 e. The fraction of sp³-hybridized carbons (Fsp3) is 0.179. The Balaban J connectivity index is 1.63. The summed E-state index contributed by atoms with van der Waals surface area (Å²) in [6.07, 6.45) is 1.78. The number of anilines is 2. The van der Waals surface area contributed by atoms with Crippen LogP contribution in [0.25, 0.3) is 22.4 Å². The van der Waals surface area contributed by atoms with Gasteiger partial charge in [-0.3, -0.25) is 4.98 Å². The molecular formula is C28H27ClN4O2. The zero-order valence-corrected chi connectivity index (χ0v) is 20.3. The number of hydrogen-bond donors (Lipinski definition) is 4. The number of aliphatic hydroxyl groups excluding tert-OH is 1. The molecule has 2 heterocycles. The SMILES string of the molecule is COc1ccc(Cl)cc1-c1ncc(NC(CO)c2ccccc2)cc1-c1ccc2c(c1)C(C)NN2. The van der Waals surface area contributed by atoms with E-state index in [4.69, 9.17) is 21.3 Å². The summed E-state index contributed by atoms with van der Waals surface area (Å²) in [5.74, 6) is 0.694. The summed E-state index contributed by atoms with van der Waals surface area (Å²) < 4.78 is 5.64. The van der Waals surface area contributed by atoms with E-state index in [9.17, 15) is 5.11 Å². The largest absolute Gasteiger partial charge is 0.496 e. The number of pyridine rings is 1. The molecule has 4 aromatic rings. The van der Waals surface area contributed by atoms with Crippen molar-refractivity contribution in [3.63, 3.8) is 0 Å². The highest BCUT2D eigenvalue weighted by Crippen LogP contribution is 2.41. The quantitative estimate of drug-likeness (QED) is 0.248. The lowest BCUT2D eigenvalue weighted by molar-refractivity contribution is 0.276. The Kier molecular flexibility index (Phi) is 6.59. The van der Waals surface area contributed by atoms with Gasteiger partial charge in [0.15, 0.2) is 0 Å². The van der Waals surface area contributed by atoms with E-state index in [2.05, 4.69) is 47.4 Å². The number of methoxy groups -OCH3 is 1. The Morgan fingerprint density at radius 3 is 2.66 bits per heavy atom. The molecule has 0 bridgehead atoms. The maximum atomic E-state index is 10.1. The molecule has 4 N–H and O–H groups in total. The van der Waals surface area contributed by atoms with Crippen molar-refractivity contribution in [2.75, 3.05) is 24.5 Å². The van der Waals surface area contributed by atoms with Gasteiger partial charge in [0.05, 0.1) is 49.1 Å². The number of fused-ring (bicyclic) bond motifs is 1. The van der Waals surface area contributed by atoms with Gasteiger partial charge in [0.25, 0.3) is 0 Å². The Morgan fingerprint density at radius 2 is 1.89 bits per heavy atom. The Hall–Kier alpha value is -3.58. The van der Waals surface area contributed by atoms with Gasteiger partial charge in [0.2, 0.25) is 0 Å². The van der Waals surface area contributed by atoms with Gasteiger partial charge >= 0.3 is 0 Å². The molecule has 0 saturated carbocycles. The van der Waals surface area contributed by atoms with Crippen molar-refractivity contribution in [1.29, 1.82) is 0 Å². The molecule has 0 saturated heterocycles. The molecule has 178 valence electrons. The molecule has 5 rings (SSSR count). The van der Waals surface area contributed by atoms with Gasteiger partial charge in [-0.2, -0.15) is 0 Å². The highest BCUT2D eigenvalue weighted by Gasteiger charge is 2.21. The van der Waals surface area contributed by atoms with Crippen LogP contribution >= 0.6 is 11.6 Å². The van der Waals surface area contributed by atoms with E-state index in [1.54, 1.807) is 19.4 Å². The van der Waals surface area contributed by atoms with Crippen LogP contribution in [-0.2, 0) is 0 Å². The van der Waals surface area contributed by atoms with Crippen LogP contribution in [0.3, 0.4) is 0 Å². The first-order valence-corrected chi connectivity index (χ1v) is 11.9. The lowest BCUT2D eigenvalue weighted by Crippen LogP contribution is -2.15. The summed E-state index contributed by atoms with van der Waals surface area (Å²) in [7, 11) is 1.64. The van der Waals surface area contributed by atoms with Crippen LogP contribution < -0.4 is 20.9 Å². The number of hydrazine groups is 1. The third kappa shape index (κ3) is 4.68.